The first-order valence-corrected chi connectivity index (χ1v) is 4.19. The molecule has 0 aliphatic heterocycles. The fourth-order valence-electron chi connectivity index (χ4n) is 0.714. The Morgan fingerprint density at radius 2 is 2.54 bits per heavy atom. The maximum atomic E-state index is 11.2. The van der Waals surface area contributed by atoms with Gasteiger partial charge in [0.25, 0.3) is 0 Å². The molecule has 0 saturated carbocycles. The van der Waals surface area contributed by atoms with Gasteiger partial charge in [-0.05, 0) is 28.1 Å². The van der Waals surface area contributed by atoms with E-state index in [2.05, 4.69) is 25.7 Å². The maximum absolute atomic E-state index is 11.2. The highest BCUT2D eigenvalue weighted by molar-refractivity contribution is 9.10. The predicted molar refractivity (Wildman–Crippen MR) is 47.8 cm³/mol. The molecule has 0 aliphatic carbocycles. The van der Waals surface area contributed by atoms with E-state index in [1.54, 1.807) is 24.4 Å². The van der Waals surface area contributed by atoms with E-state index < -0.39 is 5.97 Å². The van der Waals surface area contributed by atoms with Crippen molar-refractivity contribution >= 4 is 21.9 Å². The van der Waals surface area contributed by atoms with Crippen LogP contribution in [0.1, 0.15) is 10.4 Å². The molecule has 0 unspecified atom stereocenters. The van der Waals surface area contributed by atoms with Crippen molar-refractivity contribution in [2.45, 2.75) is 0 Å². The van der Waals surface area contributed by atoms with Crippen LogP contribution < -0.4 is 0 Å². The van der Waals surface area contributed by atoms with Crippen molar-refractivity contribution in [3.8, 4) is 6.07 Å². The lowest BCUT2D eigenvalue weighted by Gasteiger charge is -2.00. The molecule has 0 aliphatic rings. The van der Waals surface area contributed by atoms with Gasteiger partial charge >= 0.3 is 5.97 Å². The van der Waals surface area contributed by atoms with Gasteiger partial charge in [0, 0.05) is 6.20 Å². The first-order valence-electron chi connectivity index (χ1n) is 3.40. The van der Waals surface area contributed by atoms with E-state index in [0.29, 0.717) is 10.2 Å². The van der Waals surface area contributed by atoms with Crippen LogP contribution in [0.4, 0.5) is 0 Å². The molecule has 0 bridgehead atoms. The number of halogens is 1. The minimum absolute atomic E-state index is 0.250. The summed E-state index contributed by atoms with van der Waals surface area (Å²) in [4.78, 5) is 15.0. The summed E-state index contributed by atoms with van der Waals surface area (Å²) in [6.07, 6.45) is 1.55. The first kappa shape index (κ1) is 9.68. The Hall–Kier alpha value is -1.41. The van der Waals surface area contributed by atoms with E-state index in [0.717, 1.165) is 0 Å². The van der Waals surface area contributed by atoms with Gasteiger partial charge in [-0.1, -0.05) is 0 Å². The number of hydrogen-bond acceptors (Lipinski definition) is 4. The molecule has 1 aromatic rings. The van der Waals surface area contributed by atoms with Crippen LogP contribution in [-0.2, 0) is 4.74 Å². The van der Waals surface area contributed by atoms with Crippen molar-refractivity contribution < 1.29 is 9.53 Å². The van der Waals surface area contributed by atoms with Crippen LogP contribution in [0.3, 0.4) is 0 Å². The standard InChI is InChI=1S/C8H5BrN2O2/c9-7-6(2-1-4-11-7)8(12)13-5-3-10/h1-2,4H,5H2. The van der Waals surface area contributed by atoms with Gasteiger partial charge in [0.2, 0.25) is 0 Å². The van der Waals surface area contributed by atoms with Gasteiger partial charge in [-0.3, -0.25) is 0 Å². The molecule has 13 heavy (non-hydrogen) atoms. The van der Waals surface area contributed by atoms with Crippen LogP contribution in [0.2, 0.25) is 0 Å². The molecule has 0 radical (unpaired) electrons. The average Bonchev–Trinajstić information content (AvgIpc) is 2.15. The summed E-state index contributed by atoms with van der Waals surface area (Å²) in [5.41, 5.74) is 0.317. The van der Waals surface area contributed by atoms with E-state index >= 15 is 0 Å². The molecule has 1 heterocycles. The predicted octanol–water partition coefficient (Wildman–Crippen LogP) is 1.52. The van der Waals surface area contributed by atoms with Crippen molar-refractivity contribution in [2.24, 2.45) is 0 Å². The van der Waals surface area contributed by atoms with Crippen molar-refractivity contribution in [3.63, 3.8) is 0 Å². The minimum atomic E-state index is -0.554. The zero-order valence-electron chi connectivity index (χ0n) is 6.53. The zero-order valence-corrected chi connectivity index (χ0v) is 8.11. The van der Waals surface area contributed by atoms with Crippen LogP contribution in [0.25, 0.3) is 0 Å². The number of esters is 1. The van der Waals surface area contributed by atoms with Crippen LogP contribution >= 0.6 is 15.9 Å². The second kappa shape index (κ2) is 4.58. The van der Waals surface area contributed by atoms with Crippen molar-refractivity contribution in [2.75, 3.05) is 6.61 Å². The molecule has 0 spiro atoms. The van der Waals surface area contributed by atoms with Crippen molar-refractivity contribution in [1.29, 1.82) is 5.26 Å². The smallest absolute Gasteiger partial charge is 0.341 e. The SMILES string of the molecule is N#CCOC(=O)c1cccnc1Br. The number of ether oxygens (including phenoxy) is 1. The highest BCUT2D eigenvalue weighted by Crippen LogP contribution is 2.13. The van der Waals surface area contributed by atoms with Gasteiger partial charge in [0.05, 0.1) is 5.56 Å². The Bertz CT molecular complexity index is 359. The zero-order chi connectivity index (χ0) is 9.68. The highest BCUT2D eigenvalue weighted by Gasteiger charge is 2.10. The fourth-order valence-corrected chi connectivity index (χ4v) is 1.13. The summed E-state index contributed by atoms with van der Waals surface area (Å²) in [5.74, 6) is -0.554. The number of carbonyl (C=O) groups is 1. The molecule has 0 fully saturated rings. The lowest BCUT2D eigenvalue weighted by molar-refractivity contribution is 0.0553. The molecule has 1 aromatic heterocycles. The van der Waals surface area contributed by atoms with Gasteiger partial charge in [0.15, 0.2) is 6.61 Å². The summed E-state index contributed by atoms with van der Waals surface area (Å²) in [7, 11) is 0. The number of carbonyl (C=O) groups excluding carboxylic acids is 1. The largest absolute Gasteiger partial charge is 0.447 e. The van der Waals surface area contributed by atoms with Gasteiger partial charge in [-0.2, -0.15) is 5.26 Å². The molecular weight excluding hydrogens is 236 g/mol. The molecule has 0 aromatic carbocycles. The van der Waals surface area contributed by atoms with Crippen molar-refractivity contribution in [3.05, 3.63) is 28.5 Å². The molecule has 0 N–H and O–H groups in total. The Balaban J connectivity index is 2.78. The van der Waals surface area contributed by atoms with Gasteiger partial charge in [-0.25, -0.2) is 9.78 Å². The van der Waals surface area contributed by atoms with E-state index in [9.17, 15) is 4.79 Å². The van der Waals surface area contributed by atoms with Gasteiger partial charge in [-0.15, -0.1) is 0 Å². The molecule has 1 rings (SSSR count). The van der Waals surface area contributed by atoms with Gasteiger partial charge < -0.3 is 4.74 Å². The second-order valence-electron chi connectivity index (χ2n) is 2.08. The summed E-state index contributed by atoms with van der Waals surface area (Å²) >= 11 is 3.09. The quantitative estimate of drug-likeness (QED) is 0.581. The Morgan fingerprint density at radius 1 is 1.77 bits per heavy atom. The number of hydrogen-bond donors (Lipinski definition) is 0. The average molecular weight is 241 g/mol. The second-order valence-corrected chi connectivity index (χ2v) is 2.83. The number of aromatic nitrogens is 1. The third-order valence-corrected chi connectivity index (χ3v) is 1.88. The lowest BCUT2D eigenvalue weighted by Crippen LogP contribution is -2.06. The number of nitrogens with zero attached hydrogens (tertiary/aromatic N) is 2. The topological polar surface area (TPSA) is 63.0 Å². The third kappa shape index (κ3) is 2.53. The normalized spacial score (nSPS) is 8.92. The van der Waals surface area contributed by atoms with E-state index in [1.165, 1.54) is 0 Å². The fraction of sp³-hybridized carbons (Fsp3) is 0.125. The summed E-state index contributed by atoms with van der Waals surface area (Å²) < 4.78 is 5.00. The molecule has 5 heteroatoms. The van der Waals surface area contributed by atoms with Crippen LogP contribution in [0.5, 0.6) is 0 Å². The molecule has 66 valence electrons. The highest BCUT2D eigenvalue weighted by atomic mass is 79.9. The Labute approximate surface area is 83.3 Å². The maximum Gasteiger partial charge on any atom is 0.341 e. The van der Waals surface area contributed by atoms with E-state index in [-0.39, 0.29) is 6.61 Å². The molecule has 0 atom stereocenters. The monoisotopic (exact) mass is 240 g/mol. The third-order valence-electron chi connectivity index (χ3n) is 1.25. The molecule has 0 saturated heterocycles. The summed E-state index contributed by atoms with van der Waals surface area (Å²) in [6.45, 7) is -0.250. The summed E-state index contributed by atoms with van der Waals surface area (Å²) in [6, 6.07) is 4.89. The Morgan fingerprint density at radius 3 is 3.15 bits per heavy atom. The number of nitriles is 1. The van der Waals surface area contributed by atoms with Crippen LogP contribution in [0.15, 0.2) is 22.9 Å². The van der Waals surface area contributed by atoms with E-state index in [4.69, 9.17) is 5.26 Å². The number of pyridine rings is 1. The van der Waals surface area contributed by atoms with Crippen molar-refractivity contribution in [1.82, 2.24) is 4.98 Å². The molecule has 4 nitrogen and oxygen atoms in total. The first-order chi connectivity index (χ1) is 6.25. The minimum Gasteiger partial charge on any atom is -0.447 e. The van der Waals surface area contributed by atoms with Crippen LogP contribution in [0, 0.1) is 11.3 Å². The number of rotatable bonds is 2. The molecule has 0 amide bonds. The van der Waals surface area contributed by atoms with Gasteiger partial charge in [0.1, 0.15) is 10.7 Å². The summed E-state index contributed by atoms with van der Waals surface area (Å²) in [5, 5.41) is 8.18. The molecular formula is C8H5BrN2O2. The van der Waals surface area contributed by atoms with Crippen LogP contribution in [-0.4, -0.2) is 17.6 Å². The Kier molecular flexibility index (Phi) is 3.41. The lowest BCUT2D eigenvalue weighted by atomic mass is 10.3. The van der Waals surface area contributed by atoms with E-state index in [1.807, 2.05) is 0 Å².